The van der Waals surface area contributed by atoms with Crippen molar-refractivity contribution >= 4 is 22.2 Å². The first-order valence-electron chi connectivity index (χ1n) is 7.66. The van der Waals surface area contributed by atoms with Crippen LogP contribution in [0.5, 0.6) is 0 Å². The standard InChI is InChI=1S/C18H24N2OS/c1-6-20(7-2)18(21)16-15(13(5)22-17(16)19)14-9-8-11(3)10-12(14)4/h8-10H,6-7,19H2,1-5H3. The molecule has 1 aromatic carbocycles. The summed E-state index contributed by atoms with van der Waals surface area (Å²) in [7, 11) is 0. The van der Waals surface area contributed by atoms with Gasteiger partial charge in [0.1, 0.15) is 0 Å². The number of carbonyl (C=O) groups excluding carboxylic acids is 1. The van der Waals surface area contributed by atoms with E-state index in [0.29, 0.717) is 23.7 Å². The number of aryl methyl sites for hydroxylation is 3. The van der Waals surface area contributed by atoms with Gasteiger partial charge in [-0.3, -0.25) is 4.79 Å². The largest absolute Gasteiger partial charge is 0.390 e. The fourth-order valence-corrected chi connectivity index (χ4v) is 3.80. The Hall–Kier alpha value is -1.81. The minimum Gasteiger partial charge on any atom is -0.390 e. The third-order valence-electron chi connectivity index (χ3n) is 4.03. The lowest BCUT2D eigenvalue weighted by Gasteiger charge is -2.20. The SMILES string of the molecule is CCN(CC)C(=O)c1c(N)sc(C)c1-c1ccc(C)cc1C. The highest BCUT2D eigenvalue weighted by molar-refractivity contribution is 7.16. The monoisotopic (exact) mass is 316 g/mol. The third-order valence-corrected chi connectivity index (χ3v) is 4.96. The van der Waals surface area contributed by atoms with Crippen LogP contribution in [0.2, 0.25) is 0 Å². The van der Waals surface area contributed by atoms with Crippen LogP contribution in [0.4, 0.5) is 5.00 Å². The van der Waals surface area contributed by atoms with Gasteiger partial charge in [-0.2, -0.15) is 0 Å². The van der Waals surface area contributed by atoms with Crippen LogP contribution in [-0.4, -0.2) is 23.9 Å². The van der Waals surface area contributed by atoms with Gasteiger partial charge in [-0.25, -0.2) is 0 Å². The molecule has 2 aromatic rings. The number of anilines is 1. The molecule has 2 rings (SSSR count). The second-order valence-electron chi connectivity index (χ2n) is 5.57. The van der Waals surface area contributed by atoms with Gasteiger partial charge in [0.2, 0.25) is 0 Å². The zero-order valence-corrected chi connectivity index (χ0v) is 14.8. The van der Waals surface area contributed by atoms with Gasteiger partial charge in [-0.1, -0.05) is 23.8 Å². The zero-order valence-electron chi connectivity index (χ0n) is 14.0. The van der Waals surface area contributed by atoms with Crippen LogP contribution < -0.4 is 5.73 Å². The summed E-state index contributed by atoms with van der Waals surface area (Å²) in [6.07, 6.45) is 0. The molecule has 0 saturated heterocycles. The summed E-state index contributed by atoms with van der Waals surface area (Å²) in [6.45, 7) is 11.6. The summed E-state index contributed by atoms with van der Waals surface area (Å²) in [5.41, 5.74) is 11.3. The number of carbonyl (C=O) groups is 1. The van der Waals surface area contributed by atoms with Gasteiger partial charge in [0, 0.05) is 23.5 Å². The van der Waals surface area contributed by atoms with Crippen molar-refractivity contribution in [3.63, 3.8) is 0 Å². The number of amides is 1. The number of nitrogens with zero attached hydrogens (tertiary/aromatic N) is 1. The van der Waals surface area contributed by atoms with Crippen molar-refractivity contribution < 1.29 is 4.79 Å². The predicted molar refractivity (Wildman–Crippen MR) is 95.6 cm³/mol. The second-order valence-corrected chi connectivity index (χ2v) is 6.82. The Balaban J connectivity index is 2.64. The zero-order chi connectivity index (χ0) is 16.4. The molecular formula is C18H24N2OS. The number of hydrogen-bond donors (Lipinski definition) is 1. The fourth-order valence-electron chi connectivity index (χ4n) is 2.87. The summed E-state index contributed by atoms with van der Waals surface area (Å²) in [5, 5.41) is 0.615. The first-order valence-corrected chi connectivity index (χ1v) is 8.48. The van der Waals surface area contributed by atoms with Crippen LogP contribution in [0.3, 0.4) is 0 Å². The first-order chi connectivity index (χ1) is 10.4. The summed E-state index contributed by atoms with van der Waals surface area (Å²) in [4.78, 5) is 15.8. The summed E-state index contributed by atoms with van der Waals surface area (Å²) in [6, 6.07) is 6.33. The van der Waals surface area contributed by atoms with Crippen LogP contribution in [0.15, 0.2) is 18.2 Å². The Morgan fingerprint density at radius 2 is 1.82 bits per heavy atom. The number of rotatable bonds is 4. The molecule has 0 aliphatic heterocycles. The molecule has 0 radical (unpaired) electrons. The number of nitrogen functional groups attached to an aromatic ring is 1. The van der Waals surface area contributed by atoms with Gasteiger partial charge >= 0.3 is 0 Å². The van der Waals surface area contributed by atoms with E-state index in [1.807, 2.05) is 25.7 Å². The number of thiophene rings is 1. The van der Waals surface area contributed by atoms with Crippen molar-refractivity contribution in [1.82, 2.24) is 4.90 Å². The highest BCUT2D eigenvalue weighted by atomic mass is 32.1. The molecule has 0 saturated carbocycles. The maximum absolute atomic E-state index is 12.9. The Bertz CT molecular complexity index is 699. The van der Waals surface area contributed by atoms with E-state index in [9.17, 15) is 4.79 Å². The van der Waals surface area contributed by atoms with Crippen LogP contribution in [0, 0.1) is 20.8 Å². The Kier molecular flexibility index (Phi) is 4.91. The van der Waals surface area contributed by atoms with Crippen molar-refractivity contribution in [3.05, 3.63) is 39.8 Å². The van der Waals surface area contributed by atoms with Crippen molar-refractivity contribution in [2.75, 3.05) is 18.8 Å². The van der Waals surface area contributed by atoms with Gasteiger partial charge in [0.15, 0.2) is 0 Å². The van der Waals surface area contributed by atoms with E-state index in [0.717, 1.165) is 16.0 Å². The van der Waals surface area contributed by atoms with E-state index in [1.54, 1.807) is 0 Å². The van der Waals surface area contributed by atoms with E-state index in [-0.39, 0.29) is 5.91 Å². The average Bonchev–Trinajstić information content (AvgIpc) is 2.74. The van der Waals surface area contributed by atoms with E-state index < -0.39 is 0 Å². The lowest BCUT2D eigenvalue weighted by Crippen LogP contribution is -2.31. The minimum absolute atomic E-state index is 0.0295. The van der Waals surface area contributed by atoms with Crippen LogP contribution in [0.25, 0.3) is 11.1 Å². The van der Waals surface area contributed by atoms with Crippen molar-refractivity contribution in [3.8, 4) is 11.1 Å². The molecule has 0 unspecified atom stereocenters. The smallest absolute Gasteiger partial charge is 0.257 e. The van der Waals surface area contributed by atoms with Crippen LogP contribution in [-0.2, 0) is 0 Å². The topological polar surface area (TPSA) is 46.3 Å². The normalized spacial score (nSPS) is 10.8. The lowest BCUT2D eigenvalue weighted by atomic mass is 9.95. The number of hydrogen-bond acceptors (Lipinski definition) is 3. The number of nitrogens with two attached hydrogens (primary N) is 1. The van der Waals surface area contributed by atoms with E-state index in [1.165, 1.54) is 22.5 Å². The highest BCUT2D eigenvalue weighted by Crippen LogP contribution is 2.40. The molecular weight excluding hydrogens is 292 g/mol. The molecule has 0 atom stereocenters. The van der Waals surface area contributed by atoms with E-state index in [2.05, 4.69) is 32.0 Å². The summed E-state index contributed by atoms with van der Waals surface area (Å²) in [5.74, 6) is 0.0295. The molecule has 0 fully saturated rings. The maximum atomic E-state index is 12.9. The Morgan fingerprint density at radius 1 is 1.18 bits per heavy atom. The van der Waals surface area contributed by atoms with Crippen molar-refractivity contribution in [1.29, 1.82) is 0 Å². The molecule has 0 spiro atoms. The predicted octanol–water partition coefficient (Wildman–Crippen LogP) is 4.40. The molecule has 118 valence electrons. The molecule has 1 aromatic heterocycles. The molecule has 2 N–H and O–H groups in total. The molecule has 0 aliphatic rings. The summed E-state index contributed by atoms with van der Waals surface area (Å²) >= 11 is 1.50. The molecule has 1 heterocycles. The van der Waals surface area contributed by atoms with E-state index in [4.69, 9.17) is 5.73 Å². The molecule has 1 amide bonds. The Labute approximate surface area is 136 Å². The third kappa shape index (κ3) is 2.88. The fraction of sp³-hybridized carbons (Fsp3) is 0.389. The lowest BCUT2D eigenvalue weighted by molar-refractivity contribution is 0.0775. The molecule has 4 heteroatoms. The molecule has 22 heavy (non-hydrogen) atoms. The average molecular weight is 316 g/mol. The Morgan fingerprint density at radius 3 is 2.36 bits per heavy atom. The molecule has 3 nitrogen and oxygen atoms in total. The van der Waals surface area contributed by atoms with Gasteiger partial charge in [0.25, 0.3) is 5.91 Å². The minimum atomic E-state index is 0.0295. The molecule has 0 aliphatic carbocycles. The second kappa shape index (κ2) is 6.53. The first kappa shape index (κ1) is 16.6. The van der Waals surface area contributed by atoms with Gasteiger partial charge in [-0.05, 0) is 45.7 Å². The van der Waals surface area contributed by atoms with Crippen molar-refractivity contribution in [2.45, 2.75) is 34.6 Å². The number of benzene rings is 1. The summed E-state index contributed by atoms with van der Waals surface area (Å²) < 4.78 is 0. The highest BCUT2D eigenvalue weighted by Gasteiger charge is 2.25. The van der Waals surface area contributed by atoms with Crippen LogP contribution in [0.1, 0.15) is 40.2 Å². The van der Waals surface area contributed by atoms with Crippen LogP contribution >= 0.6 is 11.3 Å². The van der Waals surface area contributed by atoms with Gasteiger partial charge in [-0.15, -0.1) is 11.3 Å². The van der Waals surface area contributed by atoms with Gasteiger partial charge in [0.05, 0.1) is 10.6 Å². The van der Waals surface area contributed by atoms with Gasteiger partial charge < -0.3 is 10.6 Å². The maximum Gasteiger partial charge on any atom is 0.257 e. The van der Waals surface area contributed by atoms with Crippen molar-refractivity contribution in [2.24, 2.45) is 0 Å². The quantitative estimate of drug-likeness (QED) is 0.908. The molecule has 0 bridgehead atoms. The van der Waals surface area contributed by atoms with E-state index >= 15 is 0 Å².